The van der Waals surface area contributed by atoms with E-state index >= 15 is 0 Å². The van der Waals surface area contributed by atoms with Crippen LogP contribution < -0.4 is 0 Å². The van der Waals surface area contributed by atoms with E-state index in [-0.39, 0.29) is 53.8 Å². The van der Waals surface area contributed by atoms with Crippen LogP contribution in [0.25, 0.3) is 11.2 Å². The van der Waals surface area contributed by atoms with E-state index in [1.165, 1.54) is 0 Å². The molecule has 0 N–H and O–H groups in total. The summed E-state index contributed by atoms with van der Waals surface area (Å²) in [4.78, 5) is 12.0. The first-order valence-electron chi connectivity index (χ1n) is 3.24. The van der Waals surface area contributed by atoms with Crippen LogP contribution in [0.15, 0.2) is 0 Å². The summed E-state index contributed by atoms with van der Waals surface area (Å²) in [5.74, 6) is 0.703. The molecule has 4 nitrogen and oxygen atoms in total. The van der Waals surface area contributed by atoms with Gasteiger partial charge in [-0.05, 0) is 12.7 Å². The molecule has 13 heavy (non-hydrogen) atoms. The summed E-state index contributed by atoms with van der Waals surface area (Å²) in [5, 5.41) is 0. The van der Waals surface area contributed by atoms with Crippen LogP contribution in [-0.4, -0.2) is 19.5 Å². The topological polar surface area (TPSA) is 43.6 Å². The van der Waals surface area contributed by atoms with E-state index in [0.29, 0.717) is 11.3 Å². The van der Waals surface area contributed by atoms with E-state index in [2.05, 4.69) is 27.5 Å². The Morgan fingerprint density at radius 3 is 2.69 bits per heavy atom. The number of hydrogen-bond donors (Lipinski definition) is 0. The molecule has 0 fully saturated rings. The maximum atomic E-state index is 4.16. The zero-order valence-electron chi connectivity index (χ0n) is 7.27. The average molecular weight is 419 g/mol. The molecule has 0 amide bonds. The van der Waals surface area contributed by atoms with E-state index in [1.54, 1.807) is 4.57 Å². The molecule has 0 aliphatic carbocycles. The molecule has 2 rings (SSSR count). The van der Waals surface area contributed by atoms with Crippen molar-refractivity contribution < 1.29 is 53.8 Å². The van der Waals surface area contributed by atoms with Gasteiger partial charge in [0.05, 0.1) is 0 Å². The molecule has 1 radical (unpaired) electrons. The molecule has 0 aliphatic heterocycles. The van der Waals surface area contributed by atoms with Crippen molar-refractivity contribution in [3.63, 3.8) is 0 Å². The number of aryl methyl sites for hydroxylation is 2. The van der Waals surface area contributed by atoms with Crippen molar-refractivity contribution >= 4 is 11.2 Å². The molecule has 0 aromatic carbocycles. The first-order valence-corrected chi connectivity index (χ1v) is 3.24. The Balaban J connectivity index is 0.000000720. The van der Waals surface area contributed by atoms with Gasteiger partial charge in [-0.2, -0.15) is 0 Å². The fourth-order valence-corrected chi connectivity index (χ4v) is 0.896. The maximum Gasteiger partial charge on any atom is 0.0105 e. The van der Waals surface area contributed by atoms with Crippen LogP contribution in [0.1, 0.15) is 5.82 Å². The fraction of sp³-hybridized carbons (Fsp3) is 0.286. The van der Waals surface area contributed by atoms with Gasteiger partial charge in [-0.25, -0.2) is 0 Å². The van der Waals surface area contributed by atoms with Crippen LogP contribution in [0.2, 0.25) is 0 Å². The maximum absolute atomic E-state index is 4.16. The molecule has 2 heterocycles. The van der Waals surface area contributed by atoms with Crippen molar-refractivity contribution in [2.75, 3.05) is 0 Å². The predicted octanol–water partition coefficient (Wildman–Crippen LogP) is 0.267. The van der Waals surface area contributed by atoms with Crippen molar-refractivity contribution in [1.82, 2.24) is 19.5 Å². The van der Waals surface area contributed by atoms with Gasteiger partial charge in [0, 0.05) is 65.9 Å². The fourth-order valence-electron chi connectivity index (χ4n) is 0.896. The standard InChI is InChI=1S/C7H6N4.W.Y/c1-5-8-3-6-7(10-5)11(2)4-9-6;;/h1-2H3;;/q-2;;. The van der Waals surface area contributed by atoms with Gasteiger partial charge in [0.1, 0.15) is 0 Å². The van der Waals surface area contributed by atoms with Gasteiger partial charge in [0.2, 0.25) is 0 Å². The molecule has 0 spiro atoms. The van der Waals surface area contributed by atoms with Gasteiger partial charge >= 0.3 is 0 Å². The van der Waals surface area contributed by atoms with Crippen molar-refractivity contribution in [2.45, 2.75) is 6.92 Å². The number of imidazole rings is 1. The minimum Gasteiger partial charge on any atom is -0.437 e. The molecule has 0 bridgehead atoms. The molecule has 65 valence electrons. The number of aromatic nitrogens is 4. The molecule has 0 saturated heterocycles. The third-order valence-corrected chi connectivity index (χ3v) is 1.43. The van der Waals surface area contributed by atoms with Gasteiger partial charge in [-0.1, -0.05) is 12.4 Å². The normalized spacial score (nSPS) is 9.08. The average Bonchev–Trinajstić information content (AvgIpc) is 2.33. The van der Waals surface area contributed by atoms with E-state index in [0.717, 1.165) is 5.65 Å². The SMILES string of the molecule is Cc1n[c-]c2n[c-]n(C)c2n1.[W].[Y]. The van der Waals surface area contributed by atoms with Gasteiger partial charge in [-0.3, -0.25) is 0 Å². The second-order valence-corrected chi connectivity index (χ2v) is 2.33. The monoisotopic (exact) mass is 419 g/mol. The Labute approximate surface area is 116 Å². The van der Waals surface area contributed by atoms with Gasteiger partial charge in [-0.15, -0.1) is 6.20 Å². The van der Waals surface area contributed by atoms with Crippen molar-refractivity contribution in [3.8, 4) is 0 Å². The number of rotatable bonds is 0. The zero-order chi connectivity index (χ0) is 7.84. The predicted molar refractivity (Wildman–Crippen MR) is 38.7 cm³/mol. The summed E-state index contributed by atoms with van der Waals surface area (Å²) in [6.07, 6.45) is 5.50. The molecule has 0 aliphatic rings. The number of hydrogen-bond acceptors (Lipinski definition) is 3. The minimum absolute atomic E-state index is 0. The summed E-state index contributed by atoms with van der Waals surface area (Å²) >= 11 is 0. The van der Waals surface area contributed by atoms with Gasteiger partial charge in [0.25, 0.3) is 0 Å². The van der Waals surface area contributed by atoms with E-state index in [9.17, 15) is 0 Å². The molecule has 2 aromatic rings. The van der Waals surface area contributed by atoms with Crippen LogP contribution in [0.4, 0.5) is 0 Å². The summed E-state index contributed by atoms with van der Waals surface area (Å²) in [7, 11) is 1.84. The number of nitrogens with zero attached hydrogens (tertiary/aromatic N) is 4. The summed E-state index contributed by atoms with van der Waals surface area (Å²) in [5.41, 5.74) is 1.44. The quantitative estimate of drug-likeness (QED) is 0.577. The van der Waals surface area contributed by atoms with Gasteiger partial charge < -0.3 is 19.5 Å². The molecular formula is C7H6N4WY-2. The van der Waals surface area contributed by atoms with E-state index < -0.39 is 0 Å². The Hall–Kier alpha value is 0.342. The molecule has 0 saturated carbocycles. The first-order chi connectivity index (χ1) is 5.27. The Kier molecular flexibility index (Phi) is 5.42. The second-order valence-electron chi connectivity index (χ2n) is 2.33. The van der Waals surface area contributed by atoms with Gasteiger partial charge in [0.15, 0.2) is 0 Å². The minimum atomic E-state index is 0. The second kappa shape index (κ2) is 5.28. The Bertz CT molecular complexity index is 400. The van der Waals surface area contributed by atoms with Crippen LogP contribution in [0.3, 0.4) is 0 Å². The van der Waals surface area contributed by atoms with Crippen molar-refractivity contribution in [2.24, 2.45) is 7.05 Å². The largest absolute Gasteiger partial charge is 0.437 e. The Morgan fingerprint density at radius 2 is 2.00 bits per heavy atom. The molecular weight excluding hydrogens is 413 g/mol. The molecule has 0 atom stereocenters. The van der Waals surface area contributed by atoms with E-state index in [1.807, 2.05) is 14.0 Å². The number of fused-ring (bicyclic) bond motifs is 1. The van der Waals surface area contributed by atoms with Crippen LogP contribution in [0.5, 0.6) is 0 Å². The summed E-state index contributed by atoms with van der Waals surface area (Å²) in [6.45, 7) is 1.82. The van der Waals surface area contributed by atoms with Crippen LogP contribution in [0, 0.1) is 19.4 Å². The smallest absolute Gasteiger partial charge is 0.0105 e. The summed E-state index contributed by atoms with van der Waals surface area (Å²) < 4.78 is 1.72. The molecule has 2 aromatic heterocycles. The zero-order valence-corrected chi connectivity index (χ0v) is 13.0. The van der Waals surface area contributed by atoms with Crippen LogP contribution >= 0.6 is 0 Å². The third kappa shape index (κ3) is 2.64. The summed E-state index contributed by atoms with van der Waals surface area (Å²) in [6, 6.07) is 0. The first kappa shape index (κ1) is 13.3. The third-order valence-electron chi connectivity index (χ3n) is 1.43. The van der Waals surface area contributed by atoms with Crippen molar-refractivity contribution in [3.05, 3.63) is 18.3 Å². The molecule has 6 heteroatoms. The molecule has 0 unspecified atom stereocenters. The Morgan fingerprint density at radius 1 is 1.31 bits per heavy atom. The van der Waals surface area contributed by atoms with E-state index in [4.69, 9.17) is 0 Å². The van der Waals surface area contributed by atoms with Crippen LogP contribution in [-0.2, 0) is 60.8 Å². The van der Waals surface area contributed by atoms with Crippen molar-refractivity contribution in [1.29, 1.82) is 0 Å².